The molecular formula is C15H20F3NO. The van der Waals surface area contributed by atoms with Crippen LogP contribution in [-0.2, 0) is 0 Å². The average Bonchev–Trinajstić information content (AvgIpc) is 2.83. The van der Waals surface area contributed by atoms with Gasteiger partial charge in [-0.15, -0.1) is 13.2 Å². The van der Waals surface area contributed by atoms with E-state index in [1.165, 1.54) is 6.07 Å². The van der Waals surface area contributed by atoms with E-state index < -0.39 is 6.36 Å². The van der Waals surface area contributed by atoms with Crippen LogP contribution in [0.2, 0.25) is 0 Å². The van der Waals surface area contributed by atoms with Crippen LogP contribution in [0.5, 0.6) is 5.75 Å². The van der Waals surface area contributed by atoms with Gasteiger partial charge in [0, 0.05) is 0 Å². The van der Waals surface area contributed by atoms with E-state index in [2.05, 4.69) is 10.1 Å². The van der Waals surface area contributed by atoms with E-state index in [4.69, 9.17) is 0 Å². The molecule has 0 saturated heterocycles. The van der Waals surface area contributed by atoms with Crippen molar-refractivity contribution in [2.75, 3.05) is 13.1 Å². The van der Waals surface area contributed by atoms with E-state index in [9.17, 15) is 13.2 Å². The van der Waals surface area contributed by atoms with Crippen molar-refractivity contribution in [2.45, 2.75) is 38.5 Å². The zero-order valence-electron chi connectivity index (χ0n) is 11.5. The summed E-state index contributed by atoms with van der Waals surface area (Å²) in [6.45, 7) is 3.76. The van der Waals surface area contributed by atoms with Crippen LogP contribution in [0.1, 0.15) is 37.7 Å². The maximum absolute atomic E-state index is 12.5. The number of halogens is 3. The first-order valence-electron chi connectivity index (χ1n) is 7.06. The van der Waals surface area contributed by atoms with Crippen LogP contribution >= 0.6 is 0 Å². The molecule has 0 spiro atoms. The largest absolute Gasteiger partial charge is 0.573 e. The summed E-state index contributed by atoms with van der Waals surface area (Å²) in [4.78, 5) is 0. The molecule has 1 saturated carbocycles. The number of benzene rings is 1. The van der Waals surface area contributed by atoms with Crippen LogP contribution in [0.4, 0.5) is 13.2 Å². The fourth-order valence-corrected chi connectivity index (χ4v) is 3.02. The Labute approximate surface area is 117 Å². The minimum absolute atomic E-state index is 0.0478. The molecule has 0 aliphatic heterocycles. The van der Waals surface area contributed by atoms with Gasteiger partial charge in [0.1, 0.15) is 5.75 Å². The van der Waals surface area contributed by atoms with Gasteiger partial charge in [-0.3, -0.25) is 0 Å². The van der Waals surface area contributed by atoms with E-state index in [0.717, 1.165) is 32.4 Å². The topological polar surface area (TPSA) is 21.3 Å². The maximum Gasteiger partial charge on any atom is 0.573 e. The Bertz CT molecular complexity index is 433. The van der Waals surface area contributed by atoms with Gasteiger partial charge in [-0.2, -0.15) is 0 Å². The minimum Gasteiger partial charge on any atom is -0.405 e. The van der Waals surface area contributed by atoms with Crippen LogP contribution in [0.15, 0.2) is 24.3 Å². The second kappa shape index (κ2) is 6.48. The molecule has 1 aliphatic rings. The number of hydrogen-bond donors (Lipinski definition) is 1. The quantitative estimate of drug-likeness (QED) is 0.881. The molecule has 1 aromatic carbocycles. The Balaban J connectivity index is 2.18. The molecule has 112 valence electrons. The summed E-state index contributed by atoms with van der Waals surface area (Å²) in [5.74, 6) is 0.480. The Morgan fingerprint density at radius 2 is 2.00 bits per heavy atom. The third kappa shape index (κ3) is 3.88. The van der Waals surface area contributed by atoms with Crippen LogP contribution in [0.25, 0.3) is 0 Å². The van der Waals surface area contributed by atoms with Crippen molar-refractivity contribution >= 4 is 0 Å². The second-order valence-electron chi connectivity index (χ2n) is 5.19. The molecule has 1 N–H and O–H groups in total. The Kier molecular flexibility index (Phi) is 4.91. The molecule has 2 nitrogen and oxygen atoms in total. The third-order valence-corrected chi connectivity index (χ3v) is 3.86. The normalized spacial score (nSPS) is 23.0. The molecule has 0 radical (unpaired) electrons. The minimum atomic E-state index is -4.63. The first kappa shape index (κ1) is 15.2. The van der Waals surface area contributed by atoms with Crippen molar-refractivity contribution in [3.8, 4) is 5.75 Å². The zero-order valence-corrected chi connectivity index (χ0v) is 11.5. The van der Waals surface area contributed by atoms with E-state index in [1.807, 2.05) is 6.92 Å². The predicted molar refractivity (Wildman–Crippen MR) is 71.8 cm³/mol. The summed E-state index contributed by atoms with van der Waals surface area (Å²) < 4.78 is 41.6. The van der Waals surface area contributed by atoms with Gasteiger partial charge in [0.25, 0.3) is 0 Å². The lowest BCUT2D eigenvalue weighted by atomic mass is 9.88. The van der Waals surface area contributed by atoms with Crippen molar-refractivity contribution in [3.63, 3.8) is 0 Å². The first-order valence-corrected chi connectivity index (χ1v) is 7.06. The van der Waals surface area contributed by atoms with Gasteiger partial charge in [0.2, 0.25) is 0 Å². The summed E-state index contributed by atoms with van der Waals surface area (Å²) in [5, 5.41) is 3.29. The summed E-state index contributed by atoms with van der Waals surface area (Å²) in [6.07, 6.45) is -1.60. The smallest absolute Gasteiger partial charge is 0.405 e. The fourth-order valence-electron chi connectivity index (χ4n) is 3.02. The highest BCUT2D eigenvalue weighted by Crippen LogP contribution is 2.43. The van der Waals surface area contributed by atoms with Crippen LogP contribution in [0.3, 0.4) is 0 Å². The summed E-state index contributed by atoms with van der Waals surface area (Å²) in [7, 11) is 0. The lowest BCUT2D eigenvalue weighted by Crippen LogP contribution is -2.25. The highest BCUT2D eigenvalue weighted by atomic mass is 19.4. The van der Waals surface area contributed by atoms with Gasteiger partial charge in [-0.05, 0) is 49.4 Å². The van der Waals surface area contributed by atoms with Gasteiger partial charge in [-0.1, -0.05) is 31.5 Å². The molecule has 0 amide bonds. The highest BCUT2D eigenvalue weighted by Gasteiger charge is 2.35. The highest BCUT2D eigenvalue weighted by molar-refractivity contribution is 5.37. The number of rotatable bonds is 5. The number of ether oxygens (including phenoxy) is 1. The van der Waals surface area contributed by atoms with Gasteiger partial charge in [-0.25, -0.2) is 0 Å². The monoisotopic (exact) mass is 287 g/mol. The Morgan fingerprint density at radius 1 is 1.25 bits per heavy atom. The standard InChI is InChI=1S/C15H20F3NO/c1-2-19-10-11-6-5-8-12(11)13-7-3-4-9-14(13)20-15(16,17)18/h3-4,7,9,11-12,19H,2,5-6,8,10H2,1H3. The molecule has 0 bridgehead atoms. The molecule has 2 unspecified atom stereocenters. The molecule has 2 atom stereocenters. The second-order valence-corrected chi connectivity index (χ2v) is 5.19. The average molecular weight is 287 g/mol. The van der Waals surface area contributed by atoms with Crippen molar-refractivity contribution < 1.29 is 17.9 Å². The SMILES string of the molecule is CCNCC1CCCC1c1ccccc1OC(F)(F)F. The van der Waals surface area contributed by atoms with E-state index in [-0.39, 0.29) is 11.7 Å². The van der Waals surface area contributed by atoms with Gasteiger partial charge in [0.05, 0.1) is 0 Å². The number of nitrogens with one attached hydrogen (secondary N) is 1. The Morgan fingerprint density at radius 3 is 2.70 bits per heavy atom. The zero-order chi connectivity index (χ0) is 14.6. The van der Waals surface area contributed by atoms with Crippen molar-refractivity contribution in [2.24, 2.45) is 5.92 Å². The molecule has 0 heterocycles. The van der Waals surface area contributed by atoms with Gasteiger partial charge >= 0.3 is 6.36 Å². The molecule has 2 rings (SSSR count). The van der Waals surface area contributed by atoms with Gasteiger partial charge in [0.15, 0.2) is 0 Å². The molecule has 1 aromatic rings. The Hall–Kier alpha value is -1.23. The van der Waals surface area contributed by atoms with Crippen LogP contribution in [-0.4, -0.2) is 19.5 Å². The number of hydrogen-bond acceptors (Lipinski definition) is 2. The predicted octanol–water partition coefficient (Wildman–Crippen LogP) is 4.08. The lowest BCUT2D eigenvalue weighted by molar-refractivity contribution is -0.275. The maximum atomic E-state index is 12.5. The molecular weight excluding hydrogens is 267 g/mol. The van der Waals surface area contributed by atoms with E-state index >= 15 is 0 Å². The van der Waals surface area contributed by atoms with E-state index in [1.54, 1.807) is 18.2 Å². The lowest BCUT2D eigenvalue weighted by Gasteiger charge is -2.23. The molecule has 20 heavy (non-hydrogen) atoms. The van der Waals surface area contributed by atoms with Gasteiger partial charge < -0.3 is 10.1 Å². The third-order valence-electron chi connectivity index (χ3n) is 3.86. The van der Waals surface area contributed by atoms with Crippen molar-refractivity contribution in [3.05, 3.63) is 29.8 Å². The summed E-state index contributed by atoms with van der Waals surface area (Å²) in [5.41, 5.74) is 0.685. The number of para-hydroxylation sites is 1. The molecule has 1 fully saturated rings. The fraction of sp³-hybridized carbons (Fsp3) is 0.600. The summed E-state index contributed by atoms with van der Waals surface area (Å²) >= 11 is 0. The number of alkyl halides is 3. The summed E-state index contributed by atoms with van der Waals surface area (Å²) in [6, 6.07) is 6.53. The molecule has 1 aliphatic carbocycles. The van der Waals surface area contributed by atoms with E-state index in [0.29, 0.717) is 11.5 Å². The van der Waals surface area contributed by atoms with Crippen LogP contribution in [0, 0.1) is 5.92 Å². The first-order chi connectivity index (χ1) is 9.51. The van der Waals surface area contributed by atoms with Crippen molar-refractivity contribution in [1.29, 1.82) is 0 Å². The molecule has 5 heteroatoms. The molecule has 0 aromatic heterocycles. The van der Waals surface area contributed by atoms with Crippen molar-refractivity contribution in [1.82, 2.24) is 5.32 Å². The van der Waals surface area contributed by atoms with Crippen LogP contribution < -0.4 is 10.1 Å².